The van der Waals surface area contributed by atoms with Gasteiger partial charge < -0.3 is 10.5 Å². The first kappa shape index (κ1) is 12.5. The van der Waals surface area contributed by atoms with Gasteiger partial charge >= 0.3 is 0 Å². The maximum Gasteiger partial charge on any atom is 0.130 e. The standard InChI is InChI=1S/C13H17F2NO/c14-10-5-3-6-11(15)13(10)12(16)8-9-4-1-2-7-17-9/h3,5-6,9,12H,1-2,4,7-8,16H2. The fraction of sp³-hybridized carbons (Fsp3) is 0.538. The van der Waals surface area contributed by atoms with Crippen molar-refractivity contribution in [2.45, 2.75) is 37.8 Å². The third kappa shape index (κ3) is 3.01. The normalized spacial score (nSPS) is 22.4. The third-order valence-corrected chi connectivity index (χ3v) is 3.16. The first-order chi connectivity index (χ1) is 8.18. The average Bonchev–Trinajstić information content (AvgIpc) is 2.30. The van der Waals surface area contributed by atoms with E-state index in [0.717, 1.165) is 25.9 Å². The fourth-order valence-corrected chi connectivity index (χ4v) is 2.26. The maximum atomic E-state index is 13.5. The van der Waals surface area contributed by atoms with E-state index in [9.17, 15) is 8.78 Å². The summed E-state index contributed by atoms with van der Waals surface area (Å²) in [5.41, 5.74) is 5.84. The topological polar surface area (TPSA) is 35.2 Å². The summed E-state index contributed by atoms with van der Waals surface area (Å²) >= 11 is 0. The molecule has 1 aliphatic heterocycles. The number of hydrogen-bond donors (Lipinski definition) is 1. The lowest BCUT2D eigenvalue weighted by Gasteiger charge is -2.25. The van der Waals surface area contributed by atoms with Crippen LogP contribution in [-0.4, -0.2) is 12.7 Å². The lowest BCUT2D eigenvalue weighted by molar-refractivity contribution is 0.00697. The molecule has 0 amide bonds. The van der Waals surface area contributed by atoms with E-state index in [1.165, 1.54) is 18.2 Å². The van der Waals surface area contributed by atoms with Crippen molar-refractivity contribution < 1.29 is 13.5 Å². The molecule has 1 aliphatic rings. The highest BCUT2D eigenvalue weighted by molar-refractivity contribution is 5.23. The molecule has 1 aromatic rings. The van der Waals surface area contributed by atoms with Gasteiger partial charge in [0.05, 0.1) is 6.10 Å². The maximum absolute atomic E-state index is 13.5. The second-order valence-corrected chi connectivity index (χ2v) is 4.47. The first-order valence-electron chi connectivity index (χ1n) is 5.99. The molecule has 17 heavy (non-hydrogen) atoms. The van der Waals surface area contributed by atoms with Crippen LogP contribution in [0, 0.1) is 11.6 Å². The Kier molecular flexibility index (Phi) is 4.07. The van der Waals surface area contributed by atoms with Gasteiger partial charge in [-0.1, -0.05) is 6.07 Å². The van der Waals surface area contributed by atoms with Crippen LogP contribution in [0.1, 0.15) is 37.3 Å². The number of hydrogen-bond acceptors (Lipinski definition) is 2. The van der Waals surface area contributed by atoms with E-state index in [1.807, 2.05) is 0 Å². The van der Waals surface area contributed by atoms with Gasteiger partial charge in [-0.25, -0.2) is 8.78 Å². The summed E-state index contributed by atoms with van der Waals surface area (Å²) in [7, 11) is 0. The van der Waals surface area contributed by atoms with E-state index >= 15 is 0 Å². The van der Waals surface area contributed by atoms with E-state index < -0.39 is 17.7 Å². The summed E-state index contributed by atoms with van der Waals surface area (Å²) < 4.78 is 32.5. The van der Waals surface area contributed by atoms with Crippen LogP contribution in [0.2, 0.25) is 0 Å². The molecule has 2 atom stereocenters. The predicted octanol–water partition coefficient (Wildman–Crippen LogP) is 2.92. The predicted molar refractivity (Wildman–Crippen MR) is 61.5 cm³/mol. The van der Waals surface area contributed by atoms with E-state index in [0.29, 0.717) is 6.42 Å². The average molecular weight is 241 g/mol. The van der Waals surface area contributed by atoms with Gasteiger partial charge in [0.25, 0.3) is 0 Å². The van der Waals surface area contributed by atoms with Crippen LogP contribution >= 0.6 is 0 Å². The molecule has 0 bridgehead atoms. The van der Waals surface area contributed by atoms with E-state index in [2.05, 4.69) is 0 Å². The second kappa shape index (κ2) is 5.56. The minimum atomic E-state index is -0.640. The Morgan fingerprint density at radius 2 is 2.00 bits per heavy atom. The molecule has 1 fully saturated rings. The smallest absolute Gasteiger partial charge is 0.130 e. The molecule has 0 aliphatic carbocycles. The summed E-state index contributed by atoms with van der Waals surface area (Å²) in [4.78, 5) is 0. The molecule has 1 saturated heterocycles. The highest BCUT2D eigenvalue weighted by atomic mass is 19.1. The minimum absolute atomic E-state index is 0.0257. The van der Waals surface area contributed by atoms with Gasteiger partial charge in [-0.2, -0.15) is 0 Å². The van der Waals surface area contributed by atoms with Gasteiger partial charge in [-0.15, -0.1) is 0 Å². The zero-order valence-electron chi connectivity index (χ0n) is 9.66. The van der Waals surface area contributed by atoms with Crippen LogP contribution in [0.5, 0.6) is 0 Å². The number of benzene rings is 1. The lowest BCUT2D eigenvalue weighted by Crippen LogP contribution is -2.26. The first-order valence-corrected chi connectivity index (χ1v) is 5.99. The molecule has 0 saturated carbocycles. The molecule has 1 heterocycles. The summed E-state index contributed by atoms with van der Waals surface area (Å²) in [6, 6.07) is 3.18. The van der Waals surface area contributed by atoms with Gasteiger partial charge in [-0.3, -0.25) is 0 Å². The van der Waals surface area contributed by atoms with Crippen molar-refractivity contribution in [3.63, 3.8) is 0 Å². The van der Waals surface area contributed by atoms with Crippen molar-refractivity contribution in [1.82, 2.24) is 0 Å². The van der Waals surface area contributed by atoms with Crippen LogP contribution < -0.4 is 5.73 Å². The largest absolute Gasteiger partial charge is 0.378 e. The van der Waals surface area contributed by atoms with Crippen molar-refractivity contribution in [2.24, 2.45) is 5.73 Å². The highest BCUT2D eigenvalue weighted by Crippen LogP contribution is 2.26. The molecule has 0 radical (unpaired) electrons. The van der Waals surface area contributed by atoms with Gasteiger partial charge in [0.2, 0.25) is 0 Å². The van der Waals surface area contributed by atoms with Crippen LogP contribution in [-0.2, 0) is 4.74 Å². The number of ether oxygens (including phenoxy) is 1. The van der Waals surface area contributed by atoms with Gasteiger partial charge in [-0.05, 0) is 37.8 Å². The molecule has 2 nitrogen and oxygen atoms in total. The van der Waals surface area contributed by atoms with E-state index in [4.69, 9.17) is 10.5 Å². The van der Waals surface area contributed by atoms with Crippen LogP contribution in [0.15, 0.2) is 18.2 Å². The Morgan fingerprint density at radius 3 is 2.59 bits per heavy atom. The zero-order valence-corrected chi connectivity index (χ0v) is 9.66. The van der Waals surface area contributed by atoms with Crippen molar-refractivity contribution in [3.05, 3.63) is 35.4 Å². The monoisotopic (exact) mass is 241 g/mol. The second-order valence-electron chi connectivity index (χ2n) is 4.47. The van der Waals surface area contributed by atoms with Crippen LogP contribution in [0.25, 0.3) is 0 Å². The summed E-state index contributed by atoms with van der Waals surface area (Å²) in [5, 5.41) is 0. The molecule has 2 rings (SSSR count). The van der Waals surface area contributed by atoms with Gasteiger partial charge in [0.1, 0.15) is 11.6 Å². The molecule has 4 heteroatoms. The zero-order chi connectivity index (χ0) is 12.3. The van der Waals surface area contributed by atoms with Crippen LogP contribution in [0.4, 0.5) is 8.78 Å². The molecule has 1 aromatic carbocycles. The van der Waals surface area contributed by atoms with Crippen molar-refractivity contribution in [2.75, 3.05) is 6.61 Å². The Bertz CT molecular complexity index is 357. The Hall–Kier alpha value is -1.00. The summed E-state index contributed by atoms with van der Waals surface area (Å²) in [5.74, 6) is -1.15. The summed E-state index contributed by atoms with van der Waals surface area (Å²) in [6.45, 7) is 0.719. The van der Waals surface area contributed by atoms with Crippen molar-refractivity contribution >= 4 is 0 Å². The molecular formula is C13H17F2NO. The minimum Gasteiger partial charge on any atom is -0.378 e. The number of halogens is 2. The molecule has 2 N–H and O–H groups in total. The SMILES string of the molecule is NC(CC1CCCCO1)c1c(F)cccc1F. The fourth-order valence-electron chi connectivity index (χ4n) is 2.26. The van der Waals surface area contributed by atoms with E-state index in [-0.39, 0.29) is 11.7 Å². The molecule has 0 aromatic heterocycles. The van der Waals surface area contributed by atoms with Crippen molar-refractivity contribution in [3.8, 4) is 0 Å². The summed E-state index contributed by atoms with van der Waals surface area (Å²) in [6.07, 6.45) is 3.57. The number of nitrogens with two attached hydrogens (primary N) is 1. The van der Waals surface area contributed by atoms with Crippen molar-refractivity contribution in [1.29, 1.82) is 0 Å². The Labute approximate surface area is 99.8 Å². The lowest BCUT2D eigenvalue weighted by atomic mass is 9.96. The van der Waals surface area contributed by atoms with Gasteiger partial charge in [0, 0.05) is 18.2 Å². The molecule has 2 unspecified atom stereocenters. The number of rotatable bonds is 3. The molecular weight excluding hydrogens is 224 g/mol. The third-order valence-electron chi connectivity index (χ3n) is 3.16. The van der Waals surface area contributed by atoms with Gasteiger partial charge in [0.15, 0.2) is 0 Å². The highest BCUT2D eigenvalue weighted by Gasteiger charge is 2.22. The van der Waals surface area contributed by atoms with Crippen LogP contribution in [0.3, 0.4) is 0 Å². The van der Waals surface area contributed by atoms with E-state index in [1.54, 1.807) is 0 Å². The quantitative estimate of drug-likeness (QED) is 0.883. The Balaban J connectivity index is 2.05. The molecule has 94 valence electrons. The Morgan fingerprint density at radius 1 is 1.29 bits per heavy atom. The molecule has 0 spiro atoms.